The first-order chi connectivity index (χ1) is 14.8. The zero-order chi connectivity index (χ0) is 21.0. The molecule has 2 saturated heterocycles. The average molecular weight is 432 g/mol. The summed E-state index contributed by atoms with van der Waals surface area (Å²) >= 11 is 1.85. The third kappa shape index (κ3) is 7.27. The van der Waals surface area contributed by atoms with Crippen molar-refractivity contribution in [3.8, 4) is 0 Å². The van der Waals surface area contributed by atoms with E-state index in [-0.39, 0.29) is 0 Å². The molecule has 0 aromatic carbocycles. The number of methoxy groups -OCH3 is 1. The normalized spacial score (nSPS) is 29.7. The molecule has 6 nitrogen and oxygen atoms in total. The van der Waals surface area contributed by atoms with E-state index in [9.17, 15) is 0 Å². The molecule has 0 amide bonds. The highest BCUT2D eigenvalue weighted by Crippen LogP contribution is 2.23. The van der Waals surface area contributed by atoms with Crippen LogP contribution < -0.4 is 0 Å². The second-order valence-corrected chi connectivity index (χ2v) is 9.01. The summed E-state index contributed by atoms with van der Waals surface area (Å²) in [5.41, 5.74) is 1.21. The Kier molecular flexibility index (Phi) is 9.96. The highest BCUT2D eigenvalue weighted by atomic mass is 32.2. The van der Waals surface area contributed by atoms with Gasteiger partial charge in [0.2, 0.25) is 5.90 Å². The van der Waals surface area contributed by atoms with Gasteiger partial charge < -0.3 is 14.5 Å². The number of hydrogen-bond donors (Lipinski definition) is 0. The first-order valence-electron chi connectivity index (χ1n) is 11.3. The van der Waals surface area contributed by atoms with Gasteiger partial charge in [-0.3, -0.25) is 9.98 Å². The Labute approximate surface area is 186 Å². The van der Waals surface area contributed by atoms with Gasteiger partial charge in [-0.05, 0) is 63.3 Å². The lowest BCUT2D eigenvalue weighted by atomic mass is 10.0. The lowest BCUT2D eigenvalue weighted by molar-refractivity contribution is 0.150. The van der Waals surface area contributed by atoms with Gasteiger partial charge in [0.25, 0.3) is 0 Å². The van der Waals surface area contributed by atoms with Gasteiger partial charge in [0.15, 0.2) is 5.17 Å². The third-order valence-corrected chi connectivity index (χ3v) is 7.00. The van der Waals surface area contributed by atoms with Crippen LogP contribution in [0.4, 0.5) is 0 Å². The highest BCUT2D eigenvalue weighted by Gasteiger charge is 2.25. The minimum Gasteiger partial charge on any atom is -0.481 e. The van der Waals surface area contributed by atoms with Crippen LogP contribution in [0.15, 0.2) is 38.8 Å². The van der Waals surface area contributed by atoms with E-state index in [0.29, 0.717) is 12.6 Å². The van der Waals surface area contributed by atoms with Gasteiger partial charge in [-0.2, -0.15) is 0 Å². The molecule has 1 unspecified atom stereocenters. The summed E-state index contributed by atoms with van der Waals surface area (Å²) in [5.74, 6) is 1.57. The second kappa shape index (κ2) is 13.0. The summed E-state index contributed by atoms with van der Waals surface area (Å²) in [6.07, 6.45) is 17.0. The number of rotatable bonds is 4. The fraction of sp³-hybridized carbons (Fsp3) is 0.696. The van der Waals surface area contributed by atoms with Crippen molar-refractivity contribution >= 4 is 29.0 Å². The van der Waals surface area contributed by atoms with Crippen LogP contribution in [0.2, 0.25) is 0 Å². The van der Waals surface area contributed by atoms with Crippen LogP contribution >= 0.6 is 11.8 Å². The summed E-state index contributed by atoms with van der Waals surface area (Å²) in [4.78, 5) is 18.7. The smallest absolute Gasteiger partial charge is 0.207 e. The number of ether oxygens (including phenoxy) is 1. The molecule has 0 saturated carbocycles. The molecular weight excluding hydrogens is 394 g/mol. The predicted molar refractivity (Wildman–Crippen MR) is 130 cm³/mol. The number of hydrogen-bond acceptors (Lipinski definition) is 7. The average Bonchev–Trinajstić information content (AvgIpc) is 2.97. The number of amidine groups is 1. The van der Waals surface area contributed by atoms with Crippen LogP contribution in [0.5, 0.6) is 0 Å². The molecule has 30 heavy (non-hydrogen) atoms. The van der Waals surface area contributed by atoms with E-state index in [4.69, 9.17) is 9.73 Å². The zero-order valence-electron chi connectivity index (χ0n) is 18.6. The number of thioether (sulfide) groups is 1. The topological polar surface area (TPSA) is 52.8 Å². The molecule has 0 radical (unpaired) electrons. The van der Waals surface area contributed by atoms with Crippen LogP contribution in [0.1, 0.15) is 44.9 Å². The van der Waals surface area contributed by atoms with Crippen LogP contribution in [-0.4, -0.2) is 85.9 Å². The van der Waals surface area contributed by atoms with Gasteiger partial charge >= 0.3 is 0 Å². The first kappa shape index (κ1) is 23.1. The number of likely N-dealkylation sites (tertiary alicyclic amines) is 2. The Morgan fingerprint density at radius 2 is 2.07 bits per heavy atom. The van der Waals surface area contributed by atoms with Gasteiger partial charge in [0, 0.05) is 38.1 Å². The molecule has 3 aliphatic rings. The zero-order valence-corrected chi connectivity index (χ0v) is 19.4. The van der Waals surface area contributed by atoms with Gasteiger partial charge in [0.1, 0.15) is 6.67 Å². The summed E-state index contributed by atoms with van der Waals surface area (Å²) in [5, 5.41) is 1.17. The van der Waals surface area contributed by atoms with E-state index in [1.807, 2.05) is 24.1 Å². The van der Waals surface area contributed by atoms with Crippen LogP contribution in [0.25, 0.3) is 0 Å². The number of piperidine rings is 1. The maximum absolute atomic E-state index is 5.17. The number of nitrogens with zero attached hydrogens (tertiary/aromatic N) is 5. The minimum atomic E-state index is 0.509. The Bertz CT molecular complexity index is 679. The predicted octanol–water partition coefficient (Wildman–Crippen LogP) is 4.01. The molecule has 0 aliphatic carbocycles. The van der Waals surface area contributed by atoms with Crippen molar-refractivity contribution in [2.75, 3.05) is 52.8 Å². The largest absolute Gasteiger partial charge is 0.481 e. The lowest BCUT2D eigenvalue weighted by Crippen LogP contribution is -2.40. The van der Waals surface area contributed by atoms with Crippen molar-refractivity contribution in [2.45, 2.75) is 51.0 Å². The molecule has 0 aromatic rings. The standard InChI is InChI=1S/C23H37N5OS/c1-24-22(29-2)10-6-8-20-12-17-30-23(26-19-25-18-20)28-15-7-9-21(11-16-28)27-13-4-3-5-14-27/h6,10,12,18,21H,3-5,7-9,11,13-17,19H2,1-2H3/b10-6-,20-12-,24-22?,25-18-,26-23-. The Balaban J connectivity index is 1.52. The first-order valence-corrected chi connectivity index (χ1v) is 12.3. The number of aliphatic imine (C=N–C) groups is 3. The SMILES string of the molecule is CN=C(/C=C\CC1=C/CS/C(N2CCCC(N3CCCCC3)CC2)=N\C/N=C\1)OC. The lowest BCUT2D eigenvalue weighted by Gasteiger charge is -2.34. The summed E-state index contributed by atoms with van der Waals surface area (Å²) in [6, 6.07) is 0.761. The van der Waals surface area contributed by atoms with Crippen LogP contribution in [0.3, 0.4) is 0 Å². The van der Waals surface area contributed by atoms with Gasteiger partial charge in [0.05, 0.1) is 7.11 Å². The van der Waals surface area contributed by atoms with Crippen molar-refractivity contribution in [2.24, 2.45) is 15.0 Å². The van der Waals surface area contributed by atoms with Gasteiger partial charge in [-0.25, -0.2) is 4.99 Å². The molecule has 0 spiro atoms. The summed E-state index contributed by atoms with van der Waals surface area (Å²) in [6.45, 7) is 5.34. The molecule has 3 heterocycles. The molecule has 2 fully saturated rings. The molecule has 3 rings (SSSR count). The molecule has 0 bridgehead atoms. The van der Waals surface area contributed by atoms with Gasteiger partial charge in [-0.15, -0.1) is 0 Å². The van der Waals surface area contributed by atoms with Crippen LogP contribution in [-0.2, 0) is 4.74 Å². The fourth-order valence-electron chi connectivity index (χ4n) is 4.36. The van der Waals surface area contributed by atoms with E-state index in [1.54, 1.807) is 14.2 Å². The second-order valence-electron chi connectivity index (χ2n) is 8.02. The Morgan fingerprint density at radius 3 is 2.87 bits per heavy atom. The van der Waals surface area contributed by atoms with Crippen molar-refractivity contribution in [3.63, 3.8) is 0 Å². The fourth-order valence-corrected chi connectivity index (χ4v) is 5.32. The van der Waals surface area contributed by atoms with E-state index >= 15 is 0 Å². The molecular formula is C23H37N5OS. The van der Waals surface area contributed by atoms with E-state index in [1.165, 1.54) is 62.4 Å². The monoisotopic (exact) mass is 431 g/mol. The van der Waals surface area contributed by atoms with Gasteiger partial charge in [-0.1, -0.05) is 30.3 Å². The molecule has 1 atom stereocenters. The van der Waals surface area contributed by atoms with Crippen molar-refractivity contribution in [1.29, 1.82) is 0 Å². The molecule has 0 N–H and O–H groups in total. The summed E-state index contributed by atoms with van der Waals surface area (Å²) in [7, 11) is 3.37. The maximum Gasteiger partial charge on any atom is 0.207 e. The maximum atomic E-state index is 5.17. The van der Waals surface area contributed by atoms with Crippen molar-refractivity contribution in [3.05, 3.63) is 23.8 Å². The Morgan fingerprint density at radius 1 is 1.20 bits per heavy atom. The van der Waals surface area contributed by atoms with E-state index in [0.717, 1.165) is 31.3 Å². The van der Waals surface area contributed by atoms with Crippen molar-refractivity contribution in [1.82, 2.24) is 9.80 Å². The molecule has 3 aliphatic heterocycles. The Hall–Kier alpha value is -1.60. The van der Waals surface area contributed by atoms with Crippen molar-refractivity contribution < 1.29 is 4.74 Å². The van der Waals surface area contributed by atoms with Crippen LogP contribution in [0, 0.1) is 0 Å². The quantitative estimate of drug-likeness (QED) is 0.499. The highest BCUT2D eigenvalue weighted by molar-refractivity contribution is 8.13. The molecule has 166 valence electrons. The number of allylic oxidation sites excluding steroid dienone is 2. The van der Waals surface area contributed by atoms with E-state index < -0.39 is 0 Å². The summed E-state index contributed by atoms with van der Waals surface area (Å²) < 4.78 is 5.17. The molecule has 7 heteroatoms. The molecule has 0 aromatic heterocycles. The van der Waals surface area contributed by atoms with E-state index in [2.05, 4.69) is 31.9 Å². The third-order valence-electron chi connectivity index (χ3n) is 6.02. The minimum absolute atomic E-state index is 0.509.